The molecule has 1 aliphatic rings. The predicted octanol–water partition coefficient (Wildman–Crippen LogP) is 3.26. The van der Waals surface area contributed by atoms with Crippen LogP contribution in [0, 0.1) is 12.8 Å². The number of rotatable bonds is 6. The molecule has 3 rings (SSSR count). The molecule has 6 heteroatoms. The summed E-state index contributed by atoms with van der Waals surface area (Å²) in [7, 11) is 1.57. The molecule has 1 fully saturated rings. The number of nitrogens with one attached hydrogen (secondary N) is 1. The summed E-state index contributed by atoms with van der Waals surface area (Å²) in [4.78, 5) is 21.4. The summed E-state index contributed by atoms with van der Waals surface area (Å²) < 4.78 is 5.30. The van der Waals surface area contributed by atoms with E-state index >= 15 is 0 Å². The van der Waals surface area contributed by atoms with Gasteiger partial charge in [-0.2, -0.15) is 0 Å². The number of ether oxygens (including phenoxy) is 1. The standard InChI is InChI=1S/C18H20ClN3O2/c1-11-8-9-20-18(21-11)17(12-6-7-12)22-16(23)10-13-14(19)4-3-5-15(13)24-2/h3-5,8-9,12,17H,6-7,10H2,1-2H3,(H,22,23)/t17-/m1/s1. The molecule has 0 radical (unpaired) electrons. The van der Waals surface area contributed by atoms with Crippen molar-refractivity contribution >= 4 is 17.5 Å². The fourth-order valence-corrected chi connectivity index (χ4v) is 2.96. The van der Waals surface area contributed by atoms with Gasteiger partial charge in [0.1, 0.15) is 5.75 Å². The van der Waals surface area contributed by atoms with E-state index in [1.54, 1.807) is 31.5 Å². The van der Waals surface area contributed by atoms with Gasteiger partial charge in [-0.05, 0) is 43.9 Å². The fraction of sp³-hybridized carbons (Fsp3) is 0.389. The highest BCUT2D eigenvalue weighted by Gasteiger charge is 2.35. The fourth-order valence-electron chi connectivity index (χ4n) is 2.73. The molecule has 126 valence electrons. The predicted molar refractivity (Wildman–Crippen MR) is 92.1 cm³/mol. The van der Waals surface area contributed by atoms with Gasteiger partial charge in [0.25, 0.3) is 0 Å². The van der Waals surface area contributed by atoms with Crippen molar-refractivity contribution in [1.29, 1.82) is 0 Å². The maximum atomic E-state index is 12.6. The number of nitrogens with zero attached hydrogens (tertiary/aromatic N) is 2. The molecule has 1 amide bonds. The lowest BCUT2D eigenvalue weighted by atomic mass is 10.1. The van der Waals surface area contributed by atoms with E-state index < -0.39 is 0 Å². The molecule has 1 heterocycles. The van der Waals surface area contributed by atoms with Crippen molar-refractivity contribution in [3.63, 3.8) is 0 Å². The van der Waals surface area contributed by atoms with E-state index in [0.717, 1.165) is 18.5 Å². The molecule has 1 aromatic carbocycles. The Morgan fingerprint density at radius 3 is 2.88 bits per heavy atom. The third-order valence-electron chi connectivity index (χ3n) is 4.13. The number of carbonyl (C=O) groups is 1. The Morgan fingerprint density at radius 1 is 1.42 bits per heavy atom. The molecular formula is C18H20ClN3O2. The first-order chi connectivity index (χ1) is 11.6. The molecule has 1 aliphatic carbocycles. The SMILES string of the molecule is COc1cccc(Cl)c1CC(=O)N[C@@H](c1nccc(C)n1)C1CC1. The summed E-state index contributed by atoms with van der Waals surface area (Å²) in [6.45, 7) is 1.92. The zero-order valence-electron chi connectivity index (χ0n) is 13.8. The van der Waals surface area contributed by atoms with E-state index in [1.165, 1.54) is 0 Å². The van der Waals surface area contributed by atoms with Crippen molar-refractivity contribution in [2.45, 2.75) is 32.2 Å². The quantitative estimate of drug-likeness (QED) is 0.872. The monoisotopic (exact) mass is 345 g/mol. The lowest BCUT2D eigenvalue weighted by molar-refractivity contribution is -0.121. The van der Waals surface area contributed by atoms with Gasteiger partial charge in [0.05, 0.1) is 19.6 Å². The summed E-state index contributed by atoms with van der Waals surface area (Å²) in [5.74, 6) is 1.59. The van der Waals surface area contributed by atoms with Crippen molar-refractivity contribution in [2.75, 3.05) is 7.11 Å². The minimum absolute atomic E-state index is 0.108. The lowest BCUT2D eigenvalue weighted by Gasteiger charge is -2.18. The van der Waals surface area contributed by atoms with Crippen molar-refractivity contribution < 1.29 is 9.53 Å². The first-order valence-corrected chi connectivity index (χ1v) is 8.36. The van der Waals surface area contributed by atoms with Crippen LogP contribution < -0.4 is 10.1 Å². The van der Waals surface area contributed by atoms with Crippen LogP contribution in [0.25, 0.3) is 0 Å². The first kappa shape index (κ1) is 16.7. The summed E-state index contributed by atoms with van der Waals surface area (Å²) in [5.41, 5.74) is 1.59. The van der Waals surface area contributed by atoms with Crippen LogP contribution in [0.4, 0.5) is 0 Å². The zero-order valence-corrected chi connectivity index (χ0v) is 14.5. The lowest BCUT2D eigenvalue weighted by Crippen LogP contribution is -2.32. The van der Waals surface area contributed by atoms with Gasteiger partial charge >= 0.3 is 0 Å². The molecule has 0 spiro atoms. The Hall–Kier alpha value is -2.14. The van der Waals surface area contributed by atoms with Crippen LogP contribution in [0.5, 0.6) is 5.75 Å². The minimum Gasteiger partial charge on any atom is -0.496 e. The van der Waals surface area contributed by atoms with E-state index in [2.05, 4.69) is 15.3 Å². The normalized spacial score (nSPS) is 15.0. The van der Waals surface area contributed by atoms with Gasteiger partial charge < -0.3 is 10.1 Å². The number of methoxy groups -OCH3 is 1. The summed E-state index contributed by atoms with van der Waals surface area (Å²) in [5, 5.41) is 3.60. The number of halogens is 1. The van der Waals surface area contributed by atoms with Crippen LogP contribution in [-0.2, 0) is 11.2 Å². The molecule has 0 saturated heterocycles. The zero-order chi connectivity index (χ0) is 17.1. The maximum absolute atomic E-state index is 12.6. The van der Waals surface area contributed by atoms with Crippen molar-refractivity contribution in [2.24, 2.45) is 5.92 Å². The van der Waals surface area contributed by atoms with Crippen LogP contribution in [-0.4, -0.2) is 23.0 Å². The smallest absolute Gasteiger partial charge is 0.225 e. The van der Waals surface area contributed by atoms with Gasteiger partial charge in [-0.25, -0.2) is 9.97 Å². The Kier molecular flexibility index (Phi) is 5.00. The summed E-state index contributed by atoms with van der Waals surface area (Å²) in [6, 6.07) is 7.07. The second kappa shape index (κ2) is 7.18. The summed E-state index contributed by atoms with van der Waals surface area (Å²) in [6.07, 6.45) is 4.06. The number of aromatic nitrogens is 2. The van der Waals surface area contributed by atoms with E-state index in [9.17, 15) is 4.79 Å². The molecule has 0 unspecified atom stereocenters. The average molecular weight is 346 g/mol. The molecule has 1 atom stereocenters. The highest BCUT2D eigenvalue weighted by Crippen LogP contribution is 2.40. The van der Waals surface area contributed by atoms with Crippen LogP contribution in [0.1, 0.15) is 36.0 Å². The molecule has 1 aromatic heterocycles. The van der Waals surface area contributed by atoms with Gasteiger partial charge in [-0.3, -0.25) is 4.79 Å². The third-order valence-corrected chi connectivity index (χ3v) is 4.49. The molecule has 2 aromatic rings. The largest absolute Gasteiger partial charge is 0.496 e. The highest BCUT2D eigenvalue weighted by atomic mass is 35.5. The van der Waals surface area contributed by atoms with Crippen molar-refractivity contribution in [3.05, 3.63) is 52.6 Å². The number of amides is 1. The molecule has 24 heavy (non-hydrogen) atoms. The van der Waals surface area contributed by atoms with Gasteiger partial charge in [-0.1, -0.05) is 17.7 Å². The molecule has 0 aliphatic heterocycles. The van der Waals surface area contributed by atoms with E-state index in [-0.39, 0.29) is 18.4 Å². The number of benzene rings is 1. The molecular weight excluding hydrogens is 326 g/mol. The van der Waals surface area contributed by atoms with Gasteiger partial charge in [0.15, 0.2) is 5.82 Å². The number of hydrogen-bond acceptors (Lipinski definition) is 4. The second-order valence-electron chi connectivity index (χ2n) is 6.04. The van der Waals surface area contributed by atoms with Gasteiger partial charge in [0, 0.05) is 22.5 Å². The van der Waals surface area contributed by atoms with Crippen LogP contribution >= 0.6 is 11.6 Å². The average Bonchev–Trinajstić information content (AvgIpc) is 3.39. The molecule has 1 N–H and O–H groups in total. The Labute approximate surface area is 146 Å². The van der Waals surface area contributed by atoms with Crippen LogP contribution in [0.3, 0.4) is 0 Å². The topological polar surface area (TPSA) is 64.1 Å². The summed E-state index contributed by atoms with van der Waals surface area (Å²) >= 11 is 6.22. The number of aryl methyl sites for hydroxylation is 1. The third kappa shape index (κ3) is 3.85. The molecule has 5 nitrogen and oxygen atoms in total. The number of hydrogen-bond donors (Lipinski definition) is 1. The van der Waals surface area contributed by atoms with Crippen molar-refractivity contribution in [3.8, 4) is 5.75 Å². The van der Waals surface area contributed by atoms with E-state index in [1.807, 2.05) is 13.0 Å². The van der Waals surface area contributed by atoms with Crippen LogP contribution in [0.2, 0.25) is 5.02 Å². The van der Waals surface area contributed by atoms with Crippen molar-refractivity contribution in [1.82, 2.24) is 15.3 Å². The molecule has 1 saturated carbocycles. The Balaban J connectivity index is 1.76. The van der Waals surface area contributed by atoms with E-state index in [0.29, 0.717) is 28.1 Å². The highest BCUT2D eigenvalue weighted by molar-refractivity contribution is 6.31. The van der Waals surface area contributed by atoms with Gasteiger partial charge in [-0.15, -0.1) is 0 Å². The van der Waals surface area contributed by atoms with Crippen LogP contribution in [0.15, 0.2) is 30.5 Å². The second-order valence-corrected chi connectivity index (χ2v) is 6.44. The maximum Gasteiger partial charge on any atom is 0.225 e. The minimum atomic E-state index is -0.147. The Bertz CT molecular complexity index is 747. The van der Waals surface area contributed by atoms with E-state index in [4.69, 9.17) is 16.3 Å². The number of carbonyl (C=O) groups excluding carboxylic acids is 1. The molecule has 0 bridgehead atoms. The Morgan fingerprint density at radius 2 is 2.21 bits per heavy atom. The van der Waals surface area contributed by atoms with Gasteiger partial charge in [0.2, 0.25) is 5.91 Å². The first-order valence-electron chi connectivity index (χ1n) is 7.98.